The van der Waals surface area contributed by atoms with Crippen molar-refractivity contribution in [1.82, 2.24) is 0 Å². The Labute approximate surface area is 73.7 Å². The molecule has 0 unspecified atom stereocenters. The molecule has 0 saturated carbocycles. The SMILES string of the molecule is O=S(=O)(O)[Te]c1ccccc1. The molecule has 0 saturated heterocycles. The molecular weight excluding hydrogens is 280 g/mol. The van der Waals surface area contributed by atoms with Crippen LogP contribution in [0.15, 0.2) is 30.3 Å². The van der Waals surface area contributed by atoms with Crippen molar-refractivity contribution >= 4 is 30.5 Å². The van der Waals surface area contributed by atoms with Gasteiger partial charge in [0.25, 0.3) is 0 Å². The molecule has 60 valence electrons. The summed E-state index contributed by atoms with van der Waals surface area (Å²) in [7, 11) is -3.75. The molecule has 0 aliphatic rings. The Kier molecular flexibility index (Phi) is 2.90. The first-order chi connectivity index (χ1) is 5.08. The van der Waals surface area contributed by atoms with E-state index in [1.54, 1.807) is 30.3 Å². The van der Waals surface area contributed by atoms with E-state index in [1.165, 1.54) is 0 Å². The van der Waals surface area contributed by atoms with Crippen LogP contribution < -0.4 is 3.61 Å². The second-order valence-corrected chi connectivity index (χ2v) is 9.23. The predicted molar refractivity (Wildman–Crippen MR) is 43.4 cm³/mol. The van der Waals surface area contributed by atoms with E-state index in [4.69, 9.17) is 4.55 Å². The Balaban J connectivity index is 2.82. The molecule has 1 aromatic rings. The first-order valence-corrected chi connectivity index (χ1v) is 8.18. The predicted octanol–water partition coefficient (Wildman–Crippen LogP) is -0.181. The molecule has 0 radical (unpaired) electrons. The Morgan fingerprint density at radius 3 is 2.18 bits per heavy atom. The van der Waals surface area contributed by atoms with Crippen molar-refractivity contribution in [2.75, 3.05) is 0 Å². The summed E-state index contributed by atoms with van der Waals surface area (Å²) in [5, 5.41) is 0. The summed E-state index contributed by atoms with van der Waals surface area (Å²) >= 11 is -1.47. The van der Waals surface area contributed by atoms with Crippen molar-refractivity contribution in [2.24, 2.45) is 0 Å². The third-order valence-corrected chi connectivity index (χ3v) is 5.58. The van der Waals surface area contributed by atoms with Crippen molar-refractivity contribution in [3.63, 3.8) is 0 Å². The van der Waals surface area contributed by atoms with Crippen LogP contribution in [-0.2, 0) is 7.35 Å². The molecule has 11 heavy (non-hydrogen) atoms. The Morgan fingerprint density at radius 1 is 1.18 bits per heavy atom. The Bertz CT molecular complexity index is 319. The van der Waals surface area contributed by atoms with Gasteiger partial charge in [0.2, 0.25) is 0 Å². The fraction of sp³-hybridized carbons (Fsp3) is 0. The van der Waals surface area contributed by atoms with Crippen LogP contribution >= 0.6 is 0 Å². The van der Waals surface area contributed by atoms with E-state index in [9.17, 15) is 8.42 Å². The zero-order valence-electron chi connectivity index (χ0n) is 5.47. The van der Waals surface area contributed by atoms with Crippen molar-refractivity contribution in [3.05, 3.63) is 30.3 Å². The molecule has 1 N–H and O–H groups in total. The first-order valence-electron chi connectivity index (χ1n) is 2.80. The van der Waals surface area contributed by atoms with Crippen molar-refractivity contribution in [2.45, 2.75) is 0 Å². The summed E-state index contributed by atoms with van der Waals surface area (Å²) in [6, 6.07) is 8.73. The summed E-state index contributed by atoms with van der Waals surface area (Å²) in [6.07, 6.45) is 0. The van der Waals surface area contributed by atoms with Crippen LogP contribution in [0.4, 0.5) is 0 Å². The van der Waals surface area contributed by atoms with E-state index < -0.39 is 26.9 Å². The summed E-state index contributed by atoms with van der Waals surface area (Å²) < 4.78 is 30.1. The molecule has 0 atom stereocenters. The minimum atomic E-state index is -3.75. The molecule has 1 rings (SSSR count). The Hall–Kier alpha value is -0.0804. The minimum absolute atomic E-state index is 0.723. The second kappa shape index (κ2) is 3.55. The molecule has 0 aliphatic carbocycles. The standard InChI is InChI=1S/C6H6O3STe/c7-10(8,9)11-6-4-2-1-3-5-6/h1-5H,(H,7,8,9). The van der Waals surface area contributed by atoms with Gasteiger partial charge in [0.1, 0.15) is 0 Å². The van der Waals surface area contributed by atoms with Crippen LogP contribution in [0.2, 0.25) is 0 Å². The van der Waals surface area contributed by atoms with Crippen molar-refractivity contribution in [3.8, 4) is 0 Å². The van der Waals surface area contributed by atoms with Gasteiger partial charge in [-0.2, -0.15) is 0 Å². The van der Waals surface area contributed by atoms with Gasteiger partial charge in [-0.1, -0.05) is 0 Å². The van der Waals surface area contributed by atoms with Crippen LogP contribution in [0, 0.1) is 0 Å². The summed E-state index contributed by atoms with van der Waals surface area (Å²) in [5.41, 5.74) is 0. The zero-order valence-corrected chi connectivity index (χ0v) is 8.61. The molecule has 0 aromatic heterocycles. The van der Waals surface area contributed by atoms with Gasteiger partial charge in [0, 0.05) is 0 Å². The number of hydrogen-bond acceptors (Lipinski definition) is 2. The molecule has 0 aliphatic heterocycles. The molecule has 0 amide bonds. The van der Waals surface area contributed by atoms with E-state index >= 15 is 0 Å². The van der Waals surface area contributed by atoms with Gasteiger partial charge in [-0.05, 0) is 0 Å². The van der Waals surface area contributed by atoms with Gasteiger partial charge >= 0.3 is 73.8 Å². The van der Waals surface area contributed by atoms with E-state index in [1.807, 2.05) is 0 Å². The zero-order chi connectivity index (χ0) is 8.32. The normalized spacial score (nSPS) is 11.4. The maximum atomic E-state index is 10.4. The van der Waals surface area contributed by atoms with Gasteiger partial charge in [-0.3, -0.25) is 0 Å². The van der Waals surface area contributed by atoms with E-state index in [0.29, 0.717) is 0 Å². The van der Waals surface area contributed by atoms with Crippen molar-refractivity contribution in [1.29, 1.82) is 0 Å². The molecular formula is C6H6O3STe. The van der Waals surface area contributed by atoms with Gasteiger partial charge in [0.05, 0.1) is 0 Å². The molecule has 0 heterocycles. The molecule has 3 nitrogen and oxygen atoms in total. The van der Waals surface area contributed by atoms with Crippen molar-refractivity contribution < 1.29 is 13.0 Å². The summed E-state index contributed by atoms with van der Waals surface area (Å²) in [5.74, 6) is 0. The number of rotatable bonds is 2. The molecule has 0 bridgehead atoms. The number of benzene rings is 1. The fourth-order valence-corrected chi connectivity index (χ4v) is 4.43. The van der Waals surface area contributed by atoms with Crippen LogP contribution in [0.25, 0.3) is 0 Å². The summed E-state index contributed by atoms with van der Waals surface area (Å²) in [4.78, 5) is 0. The first kappa shape index (κ1) is 9.01. The van der Waals surface area contributed by atoms with Crippen LogP contribution in [0.1, 0.15) is 0 Å². The van der Waals surface area contributed by atoms with E-state index in [-0.39, 0.29) is 0 Å². The van der Waals surface area contributed by atoms with Gasteiger partial charge in [-0.25, -0.2) is 0 Å². The average molecular weight is 286 g/mol. The van der Waals surface area contributed by atoms with Crippen LogP contribution in [0.3, 0.4) is 0 Å². The average Bonchev–Trinajstić information content (AvgIpc) is 1.85. The molecule has 0 spiro atoms. The fourth-order valence-electron chi connectivity index (χ4n) is 0.598. The van der Waals surface area contributed by atoms with Gasteiger partial charge in [-0.15, -0.1) is 0 Å². The van der Waals surface area contributed by atoms with Crippen LogP contribution in [0.5, 0.6) is 0 Å². The molecule has 0 fully saturated rings. The van der Waals surface area contributed by atoms with Crippen LogP contribution in [-0.4, -0.2) is 32.5 Å². The van der Waals surface area contributed by atoms with E-state index in [2.05, 4.69) is 0 Å². The topological polar surface area (TPSA) is 54.4 Å². The second-order valence-electron chi connectivity index (χ2n) is 1.82. The van der Waals surface area contributed by atoms with E-state index in [0.717, 1.165) is 3.61 Å². The molecule has 5 heteroatoms. The molecule has 1 aromatic carbocycles. The van der Waals surface area contributed by atoms with Gasteiger partial charge in [0.15, 0.2) is 0 Å². The Morgan fingerprint density at radius 2 is 1.73 bits per heavy atom. The third kappa shape index (κ3) is 3.73. The van der Waals surface area contributed by atoms with Gasteiger partial charge < -0.3 is 0 Å². The number of hydrogen-bond donors (Lipinski definition) is 1. The quantitative estimate of drug-likeness (QED) is 0.606. The summed E-state index contributed by atoms with van der Waals surface area (Å²) in [6.45, 7) is 0. The maximum absolute atomic E-state index is 10.4. The third-order valence-electron chi connectivity index (χ3n) is 0.945. The monoisotopic (exact) mass is 288 g/mol.